The molecule has 0 saturated heterocycles. The number of rotatable bonds is 6. The summed E-state index contributed by atoms with van der Waals surface area (Å²) in [5.41, 5.74) is 2.43. The van der Waals surface area contributed by atoms with Crippen LogP contribution in [0.5, 0.6) is 0 Å². The van der Waals surface area contributed by atoms with E-state index >= 15 is 0 Å². The highest BCUT2D eigenvalue weighted by atomic mass is 16.5. The highest BCUT2D eigenvalue weighted by Gasteiger charge is 2.26. The molecule has 4 nitrogen and oxygen atoms in total. The predicted octanol–water partition coefficient (Wildman–Crippen LogP) is 3.39. The van der Waals surface area contributed by atoms with Gasteiger partial charge in [-0.2, -0.15) is 5.06 Å². The maximum atomic E-state index is 12.8. The van der Waals surface area contributed by atoms with Crippen molar-refractivity contribution >= 4 is 11.5 Å². The van der Waals surface area contributed by atoms with E-state index in [1.54, 1.807) is 12.1 Å². The third kappa shape index (κ3) is 3.53. The number of anilines is 1. The molecule has 0 bridgehead atoms. The summed E-state index contributed by atoms with van der Waals surface area (Å²) in [7, 11) is 3.93. The van der Waals surface area contributed by atoms with E-state index in [0.717, 1.165) is 16.3 Å². The van der Waals surface area contributed by atoms with Crippen LogP contribution in [0.1, 0.15) is 28.9 Å². The van der Waals surface area contributed by atoms with Crippen molar-refractivity contribution in [1.29, 1.82) is 0 Å². The summed E-state index contributed by atoms with van der Waals surface area (Å²) < 4.78 is 0. The van der Waals surface area contributed by atoms with Crippen LogP contribution in [-0.4, -0.2) is 36.7 Å². The number of Topliss-reactive ketones (excluding diaryl/α,β-unsaturated/α-hetero) is 1. The molecule has 0 heterocycles. The van der Waals surface area contributed by atoms with Crippen LogP contribution in [0.15, 0.2) is 54.6 Å². The first-order chi connectivity index (χ1) is 10.5. The quantitative estimate of drug-likeness (QED) is 0.656. The monoisotopic (exact) mass is 298 g/mol. The second-order valence-electron chi connectivity index (χ2n) is 5.37. The third-order valence-corrected chi connectivity index (χ3v) is 3.65. The summed E-state index contributed by atoms with van der Waals surface area (Å²) in [5, 5.41) is 11.3. The van der Waals surface area contributed by atoms with E-state index in [4.69, 9.17) is 0 Å². The fourth-order valence-electron chi connectivity index (χ4n) is 2.36. The van der Waals surface area contributed by atoms with Crippen LogP contribution in [0, 0.1) is 0 Å². The van der Waals surface area contributed by atoms with E-state index in [1.807, 2.05) is 68.4 Å². The maximum absolute atomic E-state index is 12.8. The van der Waals surface area contributed by atoms with Gasteiger partial charge >= 0.3 is 0 Å². The number of carbonyl (C=O) groups is 1. The first kappa shape index (κ1) is 16.2. The van der Waals surface area contributed by atoms with E-state index in [9.17, 15) is 10.0 Å². The van der Waals surface area contributed by atoms with Gasteiger partial charge in [-0.1, -0.05) is 49.4 Å². The molecule has 2 aromatic rings. The largest absolute Gasteiger partial charge is 0.378 e. The van der Waals surface area contributed by atoms with Crippen LogP contribution in [0.25, 0.3) is 0 Å². The zero-order valence-corrected chi connectivity index (χ0v) is 13.2. The lowest BCUT2D eigenvalue weighted by atomic mass is 9.96. The van der Waals surface area contributed by atoms with E-state index in [2.05, 4.69) is 0 Å². The number of hydrogen-bond donors (Lipinski definition) is 1. The van der Waals surface area contributed by atoms with E-state index < -0.39 is 6.04 Å². The zero-order valence-electron chi connectivity index (χ0n) is 13.2. The molecule has 1 N–H and O–H groups in total. The molecule has 0 aromatic heterocycles. The van der Waals surface area contributed by atoms with Crippen LogP contribution in [0.2, 0.25) is 0 Å². The van der Waals surface area contributed by atoms with E-state index in [1.165, 1.54) is 0 Å². The summed E-state index contributed by atoms with van der Waals surface area (Å²) in [5.74, 6) is -0.109. The Bertz CT molecular complexity index is 609. The van der Waals surface area contributed by atoms with Gasteiger partial charge in [-0.05, 0) is 17.7 Å². The molecular formula is C18H22N2O2. The van der Waals surface area contributed by atoms with Crippen molar-refractivity contribution in [2.75, 3.05) is 25.5 Å². The molecule has 0 fully saturated rings. The first-order valence-corrected chi connectivity index (χ1v) is 7.36. The van der Waals surface area contributed by atoms with Gasteiger partial charge in [0.2, 0.25) is 0 Å². The molecule has 0 aliphatic carbocycles. The van der Waals surface area contributed by atoms with Gasteiger partial charge in [0.1, 0.15) is 6.04 Å². The van der Waals surface area contributed by atoms with Crippen LogP contribution in [-0.2, 0) is 0 Å². The van der Waals surface area contributed by atoms with Crippen LogP contribution >= 0.6 is 0 Å². The summed E-state index contributed by atoms with van der Waals surface area (Å²) in [6.07, 6.45) is 0. The molecule has 0 saturated carbocycles. The second-order valence-corrected chi connectivity index (χ2v) is 5.37. The maximum Gasteiger partial charge on any atom is 0.186 e. The van der Waals surface area contributed by atoms with Crippen LogP contribution < -0.4 is 4.90 Å². The average molecular weight is 298 g/mol. The smallest absolute Gasteiger partial charge is 0.186 e. The Morgan fingerprint density at radius 1 is 1.05 bits per heavy atom. The van der Waals surface area contributed by atoms with Crippen molar-refractivity contribution in [3.05, 3.63) is 65.7 Å². The summed E-state index contributed by atoms with van der Waals surface area (Å²) in [4.78, 5) is 14.7. The molecule has 0 aliphatic rings. The molecule has 22 heavy (non-hydrogen) atoms. The van der Waals surface area contributed by atoms with Gasteiger partial charge in [-0.3, -0.25) is 4.79 Å². The lowest BCUT2D eigenvalue weighted by molar-refractivity contribution is -0.111. The number of likely N-dealkylation sites (N-methyl/N-ethyl adjacent to an activating group) is 1. The summed E-state index contributed by atoms with van der Waals surface area (Å²) in [6, 6.07) is 16.0. The molecular weight excluding hydrogens is 276 g/mol. The van der Waals surface area contributed by atoms with Crippen LogP contribution in [0.4, 0.5) is 5.69 Å². The molecule has 1 unspecified atom stereocenters. The molecule has 1 atom stereocenters. The van der Waals surface area contributed by atoms with Gasteiger partial charge in [0.15, 0.2) is 5.78 Å². The minimum atomic E-state index is -0.691. The Morgan fingerprint density at radius 3 is 2.14 bits per heavy atom. The lowest BCUT2D eigenvalue weighted by Gasteiger charge is -2.25. The van der Waals surface area contributed by atoms with Crippen molar-refractivity contribution in [2.24, 2.45) is 0 Å². The first-order valence-electron chi connectivity index (χ1n) is 7.36. The normalized spacial score (nSPS) is 12.2. The fraction of sp³-hybridized carbons (Fsp3) is 0.278. The Morgan fingerprint density at radius 2 is 1.64 bits per heavy atom. The van der Waals surface area contributed by atoms with E-state index in [0.29, 0.717) is 12.1 Å². The highest BCUT2D eigenvalue weighted by molar-refractivity contribution is 6.00. The summed E-state index contributed by atoms with van der Waals surface area (Å²) >= 11 is 0. The van der Waals surface area contributed by atoms with Crippen molar-refractivity contribution < 1.29 is 10.0 Å². The molecule has 4 heteroatoms. The minimum absolute atomic E-state index is 0.109. The van der Waals surface area contributed by atoms with Crippen molar-refractivity contribution in [3.8, 4) is 0 Å². The van der Waals surface area contributed by atoms with Crippen molar-refractivity contribution in [1.82, 2.24) is 5.06 Å². The lowest BCUT2D eigenvalue weighted by Crippen LogP contribution is -2.31. The number of benzene rings is 2. The van der Waals surface area contributed by atoms with Crippen LogP contribution in [0.3, 0.4) is 0 Å². The summed E-state index contributed by atoms with van der Waals surface area (Å²) in [6.45, 7) is 2.19. The van der Waals surface area contributed by atoms with Gasteiger partial charge < -0.3 is 10.1 Å². The Hall–Kier alpha value is -2.17. The Labute approximate surface area is 131 Å². The van der Waals surface area contributed by atoms with Crippen molar-refractivity contribution in [2.45, 2.75) is 13.0 Å². The van der Waals surface area contributed by atoms with Gasteiger partial charge in [0.05, 0.1) is 0 Å². The number of ketones is 1. The second kappa shape index (κ2) is 7.20. The van der Waals surface area contributed by atoms with E-state index in [-0.39, 0.29) is 5.78 Å². The van der Waals surface area contributed by atoms with Gasteiger partial charge in [-0.15, -0.1) is 0 Å². The highest BCUT2D eigenvalue weighted by Crippen LogP contribution is 2.25. The number of carbonyl (C=O) groups excluding carboxylic acids is 1. The molecule has 0 aliphatic heterocycles. The molecule has 0 amide bonds. The zero-order chi connectivity index (χ0) is 16.1. The molecule has 2 aromatic carbocycles. The third-order valence-electron chi connectivity index (χ3n) is 3.65. The molecule has 116 valence electrons. The average Bonchev–Trinajstić information content (AvgIpc) is 2.56. The SMILES string of the molecule is CCN(O)C(C(=O)c1ccccc1)c1ccc(N(C)C)cc1. The van der Waals surface area contributed by atoms with Crippen molar-refractivity contribution in [3.63, 3.8) is 0 Å². The number of hydroxylamine groups is 2. The molecule has 0 spiro atoms. The standard InChI is InChI=1S/C18H22N2O2/c1-4-20(22)17(18(21)15-8-6-5-7-9-15)14-10-12-16(13-11-14)19(2)3/h5-13,17,22H,4H2,1-3H3. The molecule has 0 radical (unpaired) electrons. The Balaban J connectivity index is 2.36. The van der Waals surface area contributed by atoms with Gasteiger partial charge in [-0.25, -0.2) is 0 Å². The fourth-order valence-corrected chi connectivity index (χ4v) is 2.36. The Kier molecular flexibility index (Phi) is 5.31. The predicted molar refractivity (Wildman–Crippen MR) is 88.4 cm³/mol. The van der Waals surface area contributed by atoms with Gasteiger partial charge in [0, 0.05) is 31.9 Å². The number of hydrogen-bond acceptors (Lipinski definition) is 4. The molecule has 2 rings (SSSR count). The minimum Gasteiger partial charge on any atom is -0.378 e. The topological polar surface area (TPSA) is 43.8 Å². The number of nitrogens with zero attached hydrogens (tertiary/aromatic N) is 2. The van der Waals surface area contributed by atoms with Gasteiger partial charge in [0.25, 0.3) is 0 Å².